The third-order valence-corrected chi connectivity index (χ3v) is 4.43. The fourth-order valence-electron chi connectivity index (χ4n) is 3.48. The van der Waals surface area contributed by atoms with Crippen LogP contribution in [0.3, 0.4) is 0 Å². The molecule has 3 heterocycles. The van der Waals surface area contributed by atoms with Crippen LogP contribution in [0.1, 0.15) is 5.56 Å². The van der Waals surface area contributed by atoms with Crippen molar-refractivity contribution in [3.63, 3.8) is 0 Å². The Kier molecular flexibility index (Phi) is 2.03. The summed E-state index contributed by atoms with van der Waals surface area (Å²) in [6, 6.07) is 16.0. The largest absolute Gasteiger partial charge is 0.292 e. The first-order chi connectivity index (χ1) is 10.8. The Labute approximate surface area is 125 Å². The van der Waals surface area contributed by atoms with E-state index in [1.54, 1.807) is 6.20 Å². The summed E-state index contributed by atoms with van der Waals surface area (Å²) in [5, 5.41) is 3.69. The molecule has 0 atom stereocenters. The lowest BCUT2D eigenvalue weighted by Crippen LogP contribution is -2.07. The van der Waals surface area contributed by atoms with Crippen molar-refractivity contribution in [1.29, 1.82) is 0 Å². The van der Waals surface area contributed by atoms with Crippen LogP contribution in [0.5, 0.6) is 0 Å². The first-order valence-electron chi connectivity index (χ1n) is 7.29. The van der Waals surface area contributed by atoms with Crippen molar-refractivity contribution in [1.82, 2.24) is 9.38 Å². The van der Waals surface area contributed by atoms with Gasteiger partial charge in [-0.2, -0.15) is 0 Å². The van der Waals surface area contributed by atoms with Crippen LogP contribution in [-0.4, -0.2) is 9.38 Å². The summed E-state index contributed by atoms with van der Waals surface area (Å²) in [6.45, 7) is 2.08. The van der Waals surface area contributed by atoms with Gasteiger partial charge in [-0.3, -0.25) is 9.20 Å². The molecule has 3 heteroatoms. The van der Waals surface area contributed by atoms with Crippen LogP contribution >= 0.6 is 0 Å². The third kappa shape index (κ3) is 1.26. The van der Waals surface area contributed by atoms with E-state index in [1.807, 2.05) is 24.3 Å². The van der Waals surface area contributed by atoms with Crippen LogP contribution in [-0.2, 0) is 0 Å². The Morgan fingerprint density at radius 2 is 1.73 bits per heavy atom. The van der Waals surface area contributed by atoms with E-state index in [4.69, 9.17) is 0 Å². The molecule has 0 fully saturated rings. The molecule has 0 aliphatic carbocycles. The zero-order valence-corrected chi connectivity index (χ0v) is 12.0. The van der Waals surface area contributed by atoms with Crippen LogP contribution in [0.25, 0.3) is 38.2 Å². The topological polar surface area (TPSA) is 34.4 Å². The molecule has 0 N–H and O–H groups in total. The van der Waals surface area contributed by atoms with Gasteiger partial charge in [0.25, 0.3) is 0 Å². The second-order valence-electron chi connectivity index (χ2n) is 5.76. The highest BCUT2D eigenvalue weighted by molar-refractivity contribution is 6.16. The average Bonchev–Trinajstić information content (AvgIpc) is 2.87. The maximum Gasteiger partial charge on any atom is 0.198 e. The van der Waals surface area contributed by atoms with Gasteiger partial charge in [0, 0.05) is 22.4 Å². The number of aromatic nitrogens is 2. The molecule has 22 heavy (non-hydrogen) atoms. The molecule has 0 aliphatic heterocycles. The van der Waals surface area contributed by atoms with Gasteiger partial charge in [-0.15, -0.1) is 0 Å². The number of nitrogens with zero attached hydrogens (tertiary/aromatic N) is 2. The van der Waals surface area contributed by atoms with Gasteiger partial charge in [0.1, 0.15) is 5.65 Å². The zero-order chi connectivity index (χ0) is 14.8. The Balaban J connectivity index is 2.31. The lowest BCUT2D eigenvalue weighted by Gasteiger charge is -2.05. The number of rotatable bonds is 0. The summed E-state index contributed by atoms with van der Waals surface area (Å²) < 4.78 is 2.13. The standard InChI is InChI=1S/C19H12N2O/c1-11-7-8-12-13-4-2-5-14-17(13)21(16(12)10-11)19-15(18(14)22)6-3-9-20-19/h2-10H,1H3. The van der Waals surface area contributed by atoms with Crippen LogP contribution in [0.2, 0.25) is 0 Å². The molecule has 5 aromatic rings. The average molecular weight is 284 g/mol. The molecule has 0 radical (unpaired) electrons. The molecule has 104 valence electrons. The molecule has 0 saturated carbocycles. The Hall–Kier alpha value is -2.94. The van der Waals surface area contributed by atoms with Crippen LogP contribution in [0, 0.1) is 6.92 Å². The van der Waals surface area contributed by atoms with Crippen LogP contribution < -0.4 is 5.43 Å². The van der Waals surface area contributed by atoms with Crippen molar-refractivity contribution in [3.8, 4) is 0 Å². The highest BCUT2D eigenvalue weighted by atomic mass is 16.1. The van der Waals surface area contributed by atoms with Crippen LogP contribution in [0.4, 0.5) is 0 Å². The van der Waals surface area contributed by atoms with E-state index in [-0.39, 0.29) is 5.43 Å². The molecule has 0 bridgehead atoms. The van der Waals surface area contributed by atoms with E-state index in [0.717, 1.165) is 32.8 Å². The maximum atomic E-state index is 12.8. The van der Waals surface area contributed by atoms with Gasteiger partial charge in [0.05, 0.1) is 16.4 Å². The lowest BCUT2D eigenvalue weighted by molar-refractivity contribution is 1.24. The minimum atomic E-state index is 0.0562. The first-order valence-corrected chi connectivity index (χ1v) is 7.29. The van der Waals surface area contributed by atoms with Crippen molar-refractivity contribution in [2.45, 2.75) is 6.92 Å². The second-order valence-corrected chi connectivity index (χ2v) is 5.76. The fraction of sp³-hybridized carbons (Fsp3) is 0.0526. The van der Waals surface area contributed by atoms with Crippen molar-refractivity contribution in [3.05, 3.63) is 70.5 Å². The van der Waals surface area contributed by atoms with Gasteiger partial charge in [-0.05, 0) is 36.8 Å². The van der Waals surface area contributed by atoms with Crippen molar-refractivity contribution in [2.24, 2.45) is 0 Å². The summed E-state index contributed by atoms with van der Waals surface area (Å²) >= 11 is 0. The molecule has 0 unspecified atom stereocenters. The van der Waals surface area contributed by atoms with Gasteiger partial charge in [0.2, 0.25) is 0 Å². The van der Waals surface area contributed by atoms with E-state index in [1.165, 1.54) is 5.56 Å². The minimum absolute atomic E-state index is 0.0562. The predicted molar refractivity (Wildman–Crippen MR) is 89.9 cm³/mol. The number of benzene rings is 2. The van der Waals surface area contributed by atoms with Gasteiger partial charge >= 0.3 is 0 Å². The van der Waals surface area contributed by atoms with Gasteiger partial charge in [0.15, 0.2) is 5.43 Å². The Bertz CT molecular complexity index is 1250. The Morgan fingerprint density at radius 1 is 0.909 bits per heavy atom. The molecule has 3 aromatic heterocycles. The van der Waals surface area contributed by atoms with Gasteiger partial charge in [-0.25, -0.2) is 4.98 Å². The summed E-state index contributed by atoms with van der Waals surface area (Å²) in [7, 11) is 0. The van der Waals surface area contributed by atoms with E-state index in [9.17, 15) is 4.79 Å². The zero-order valence-electron chi connectivity index (χ0n) is 12.0. The smallest absolute Gasteiger partial charge is 0.198 e. The SMILES string of the molecule is Cc1ccc2c3cccc4c(=O)c5cccnc5n(c2c1)c43. The number of hydrogen-bond donors (Lipinski definition) is 0. The van der Waals surface area contributed by atoms with Gasteiger partial charge in [-0.1, -0.05) is 24.3 Å². The van der Waals surface area contributed by atoms with E-state index < -0.39 is 0 Å². The highest BCUT2D eigenvalue weighted by Crippen LogP contribution is 2.33. The molecule has 0 spiro atoms. The number of hydrogen-bond acceptors (Lipinski definition) is 2. The summed E-state index contributed by atoms with van der Waals surface area (Å²) in [5.74, 6) is 0. The maximum absolute atomic E-state index is 12.8. The second kappa shape index (κ2) is 3.83. The van der Waals surface area contributed by atoms with Gasteiger partial charge < -0.3 is 0 Å². The first kappa shape index (κ1) is 11.7. The minimum Gasteiger partial charge on any atom is -0.292 e. The van der Waals surface area contributed by atoms with E-state index in [2.05, 4.69) is 40.6 Å². The Morgan fingerprint density at radius 3 is 2.64 bits per heavy atom. The lowest BCUT2D eigenvalue weighted by atomic mass is 10.1. The molecule has 0 amide bonds. The van der Waals surface area contributed by atoms with Crippen molar-refractivity contribution >= 4 is 38.2 Å². The fourth-order valence-corrected chi connectivity index (χ4v) is 3.48. The summed E-state index contributed by atoms with van der Waals surface area (Å²) in [6.07, 6.45) is 1.74. The summed E-state index contributed by atoms with van der Waals surface area (Å²) in [5.41, 5.74) is 4.06. The molecule has 5 rings (SSSR count). The highest BCUT2D eigenvalue weighted by Gasteiger charge is 2.16. The number of aryl methyl sites for hydroxylation is 1. The molecule has 2 aromatic carbocycles. The monoisotopic (exact) mass is 284 g/mol. The normalized spacial score (nSPS) is 12.0. The molecule has 0 saturated heterocycles. The summed E-state index contributed by atoms with van der Waals surface area (Å²) in [4.78, 5) is 17.3. The molecular formula is C19H12N2O. The van der Waals surface area contributed by atoms with E-state index in [0.29, 0.717) is 5.39 Å². The van der Waals surface area contributed by atoms with Crippen LogP contribution in [0.15, 0.2) is 59.5 Å². The quantitative estimate of drug-likeness (QED) is 0.404. The molecule has 0 aliphatic rings. The molecular weight excluding hydrogens is 272 g/mol. The van der Waals surface area contributed by atoms with Crippen molar-refractivity contribution < 1.29 is 0 Å². The van der Waals surface area contributed by atoms with E-state index >= 15 is 0 Å². The molecule has 3 nitrogen and oxygen atoms in total. The number of para-hydroxylation sites is 1. The number of fused-ring (bicyclic) bond motifs is 5. The van der Waals surface area contributed by atoms with Crippen molar-refractivity contribution in [2.75, 3.05) is 0 Å². The number of pyridine rings is 2. The predicted octanol–water partition coefficient (Wildman–Crippen LogP) is 3.90. The third-order valence-electron chi connectivity index (χ3n) is 4.43.